The Balaban J connectivity index is 2.40. The van der Waals surface area contributed by atoms with Gasteiger partial charge in [-0.2, -0.15) is 0 Å². The van der Waals surface area contributed by atoms with Crippen LogP contribution in [0.4, 0.5) is 0 Å². The summed E-state index contributed by atoms with van der Waals surface area (Å²) < 4.78 is 0.909. The highest BCUT2D eigenvalue weighted by atomic mass is 79.9. The fourth-order valence-electron chi connectivity index (χ4n) is 2.81. The molecule has 0 aromatic heterocycles. The Labute approximate surface area is 117 Å². The Morgan fingerprint density at radius 2 is 1.53 bits per heavy atom. The van der Waals surface area contributed by atoms with E-state index < -0.39 is 11.6 Å². The van der Waals surface area contributed by atoms with E-state index in [9.17, 15) is 9.59 Å². The first-order valence-electron chi connectivity index (χ1n) is 5.91. The van der Waals surface area contributed by atoms with Crippen LogP contribution in [0.1, 0.15) is 20.7 Å². The molecule has 0 saturated heterocycles. The average molecular weight is 311 g/mol. The van der Waals surface area contributed by atoms with Crippen molar-refractivity contribution < 1.29 is 9.59 Å². The van der Waals surface area contributed by atoms with E-state index in [1.807, 2.05) is 36.4 Å². The van der Waals surface area contributed by atoms with E-state index in [2.05, 4.69) is 15.9 Å². The number of carbonyl (C=O) groups is 2. The lowest BCUT2D eigenvalue weighted by molar-refractivity contribution is 0.0825. The van der Waals surface area contributed by atoms with Gasteiger partial charge in [0.25, 0.3) is 0 Å². The van der Waals surface area contributed by atoms with Crippen molar-refractivity contribution in [3.63, 3.8) is 0 Å². The molecule has 3 aromatic rings. The minimum Gasteiger partial charge on any atom is -0.285 e. The zero-order valence-corrected chi connectivity index (χ0v) is 11.3. The number of benzene rings is 3. The largest absolute Gasteiger partial charge is 0.285 e. The van der Waals surface area contributed by atoms with E-state index in [-0.39, 0.29) is 0 Å². The first kappa shape index (κ1) is 10.9. The summed E-state index contributed by atoms with van der Waals surface area (Å²) in [7, 11) is 0. The lowest BCUT2D eigenvalue weighted by Crippen LogP contribution is -2.05. The molecule has 1 aliphatic rings. The van der Waals surface area contributed by atoms with Gasteiger partial charge in [0.15, 0.2) is 0 Å². The van der Waals surface area contributed by atoms with Gasteiger partial charge in [0.1, 0.15) is 0 Å². The summed E-state index contributed by atoms with van der Waals surface area (Å²) >= 11 is 3.53. The molecule has 0 aliphatic heterocycles. The van der Waals surface area contributed by atoms with Crippen molar-refractivity contribution in [3.8, 4) is 0 Å². The van der Waals surface area contributed by atoms with Crippen LogP contribution in [-0.2, 0) is 0 Å². The molecule has 0 unspecified atom stereocenters. The standard InChI is InChI=1S/C16H7BrO2/c17-12-6-5-10-13-11(16(19)15(10)18)7-8-3-1-2-4-9(8)14(12)13/h1-7H. The van der Waals surface area contributed by atoms with Gasteiger partial charge in [-0.1, -0.05) is 40.2 Å². The van der Waals surface area contributed by atoms with Crippen LogP contribution in [0.25, 0.3) is 21.5 Å². The second-order valence-electron chi connectivity index (χ2n) is 4.65. The van der Waals surface area contributed by atoms with Crippen molar-refractivity contribution in [2.24, 2.45) is 0 Å². The maximum Gasteiger partial charge on any atom is 0.234 e. The predicted molar refractivity (Wildman–Crippen MR) is 77.8 cm³/mol. The van der Waals surface area contributed by atoms with Crippen LogP contribution in [-0.4, -0.2) is 11.6 Å². The van der Waals surface area contributed by atoms with Crippen LogP contribution in [0.15, 0.2) is 46.9 Å². The van der Waals surface area contributed by atoms with Gasteiger partial charge in [0.2, 0.25) is 11.6 Å². The molecular formula is C16H7BrO2. The molecule has 3 aromatic carbocycles. The number of hydrogen-bond acceptors (Lipinski definition) is 2. The third-order valence-corrected chi connectivity index (χ3v) is 4.31. The van der Waals surface area contributed by atoms with Gasteiger partial charge < -0.3 is 0 Å². The molecule has 0 atom stereocenters. The van der Waals surface area contributed by atoms with Crippen molar-refractivity contribution in [2.75, 3.05) is 0 Å². The minimum atomic E-state index is -0.400. The smallest absolute Gasteiger partial charge is 0.234 e. The zero-order valence-electron chi connectivity index (χ0n) is 9.74. The van der Waals surface area contributed by atoms with Gasteiger partial charge in [-0.15, -0.1) is 0 Å². The Morgan fingerprint density at radius 3 is 2.37 bits per heavy atom. The van der Waals surface area contributed by atoms with Crippen molar-refractivity contribution >= 4 is 49.0 Å². The van der Waals surface area contributed by atoms with E-state index in [4.69, 9.17) is 0 Å². The van der Waals surface area contributed by atoms with Gasteiger partial charge >= 0.3 is 0 Å². The second-order valence-corrected chi connectivity index (χ2v) is 5.50. The van der Waals surface area contributed by atoms with Gasteiger partial charge in [0, 0.05) is 26.4 Å². The molecule has 0 N–H and O–H groups in total. The maximum atomic E-state index is 12.1. The monoisotopic (exact) mass is 310 g/mol. The molecule has 0 saturated carbocycles. The van der Waals surface area contributed by atoms with E-state index in [1.165, 1.54) is 0 Å². The van der Waals surface area contributed by atoms with Crippen molar-refractivity contribution in [2.45, 2.75) is 0 Å². The van der Waals surface area contributed by atoms with E-state index in [0.717, 1.165) is 26.0 Å². The molecule has 0 bridgehead atoms. The predicted octanol–water partition coefficient (Wildman–Crippen LogP) is 4.13. The van der Waals surface area contributed by atoms with Gasteiger partial charge in [0.05, 0.1) is 0 Å². The third kappa shape index (κ3) is 1.25. The first-order valence-corrected chi connectivity index (χ1v) is 6.71. The number of Topliss-reactive ketones (excluding diaryl/α,β-unsaturated/α-hetero) is 2. The summed E-state index contributed by atoms with van der Waals surface area (Å²) in [6.45, 7) is 0. The summed E-state index contributed by atoms with van der Waals surface area (Å²) in [5.41, 5.74) is 1.04. The number of hydrogen-bond donors (Lipinski definition) is 0. The number of fused-ring (bicyclic) bond motifs is 2. The molecule has 0 amide bonds. The fraction of sp³-hybridized carbons (Fsp3) is 0. The molecule has 2 nitrogen and oxygen atoms in total. The highest BCUT2D eigenvalue weighted by Gasteiger charge is 2.32. The average Bonchev–Trinajstić information content (AvgIpc) is 2.67. The Bertz CT molecular complexity index is 909. The molecule has 4 rings (SSSR count). The second kappa shape index (κ2) is 3.52. The lowest BCUT2D eigenvalue weighted by atomic mass is 9.98. The molecule has 0 fully saturated rings. The highest BCUT2D eigenvalue weighted by Crippen LogP contribution is 2.39. The Morgan fingerprint density at radius 1 is 0.789 bits per heavy atom. The molecule has 90 valence electrons. The minimum absolute atomic E-state index is 0.399. The molecule has 19 heavy (non-hydrogen) atoms. The van der Waals surface area contributed by atoms with Gasteiger partial charge in [-0.3, -0.25) is 9.59 Å². The SMILES string of the molecule is O=C1C(=O)c2cc3ccccc3c3c(Br)ccc1c23. The number of rotatable bonds is 0. The first-order chi connectivity index (χ1) is 9.18. The van der Waals surface area contributed by atoms with Crippen LogP contribution in [0.3, 0.4) is 0 Å². The molecule has 1 aliphatic carbocycles. The Hall–Kier alpha value is -2.00. The van der Waals surface area contributed by atoms with E-state index in [1.54, 1.807) is 6.07 Å². The van der Waals surface area contributed by atoms with Crippen molar-refractivity contribution in [1.82, 2.24) is 0 Å². The molecule has 0 spiro atoms. The summed E-state index contributed by atoms with van der Waals surface area (Å²) in [6.07, 6.45) is 0. The number of carbonyl (C=O) groups excluding carboxylic acids is 2. The topological polar surface area (TPSA) is 34.1 Å². The van der Waals surface area contributed by atoms with Crippen LogP contribution in [0.5, 0.6) is 0 Å². The van der Waals surface area contributed by atoms with Crippen molar-refractivity contribution in [3.05, 3.63) is 58.1 Å². The van der Waals surface area contributed by atoms with Crippen LogP contribution >= 0.6 is 15.9 Å². The quantitative estimate of drug-likeness (QED) is 0.462. The zero-order chi connectivity index (χ0) is 13.1. The van der Waals surface area contributed by atoms with Crippen LogP contribution < -0.4 is 0 Å². The fourth-order valence-corrected chi connectivity index (χ4v) is 3.36. The highest BCUT2D eigenvalue weighted by molar-refractivity contribution is 9.10. The molecular weight excluding hydrogens is 304 g/mol. The normalized spacial score (nSPS) is 13.7. The number of ketones is 2. The molecule has 0 radical (unpaired) electrons. The maximum absolute atomic E-state index is 12.1. The summed E-state index contributed by atoms with van der Waals surface area (Å²) in [5, 5.41) is 3.76. The third-order valence-electron chi connectivity index (χ3n) is 3.65. The van der Waals surface area contributed by atoms with Gasteiger partial charge in [-0.05, 0) is 29.0 Å². The van der Waals surface area contributed by atoms with Crippen LogP contribution in [0, 0.1) is 0 Å². The van der Waals surface area contributed by atoms with Crippen LogP contribution in [0.2, 0.25) is 0 Å². The molecule has 3 heteroatoms. The Kier molecular flexibility index (Phi) is 2.01. The molecule has 0 heterocycles. The summed E-state index contributed by atoms with van der Waals surface area (Å²) in [4.78, 5) is 24.1. The lowest BCUT2D eigenvalue weighted by Gasteiger charge is -2.07. The number of halogens is 1. The summed E-state index contributed by atoms with van der Waals surface area (Å²) in [5.74, 6) is -0.799. The van der Waals surface area contributed by atoms with E-state index in [0.29, 0.717) is 11.1 Å². The summed E-state index contributed by atoms with van der Waals surface area (Å²) in [6, 6.07) is 13.2. The van der Waals surface area contributed by atoms with Gasteiger partial charge in [-0.25, -0.2) is 0 Å². The van der Waals surface area contributed by atoms with E-state index >= 15 is 0 Å². The van der Waals surface area contributed by atoms with Crippen molar-refractivity contribution in [1.29, 1.82) is 0 Å².